The Bertz CT molecular complexity index is 2710. The van der Waals surface area contributed by atoms with Crippen molar-refractivity contribution in [3.05, 3.63) is 176 Å². The quantitative estimate of drug-likeness (QED) is 0.190. The number of benzene rings is 7. The second kappa shape index (κ2) is 10.9. The molecule has 0 unspecified atom stereocenters. The van der Waals surface area contributed by atoms with E-state index in [1.54, 1.807) is 0 Å². The Hall–Kier alpha value is -6.72. The molecule has 0 radical (unpaired) electrons. The molecule has 0 aliphatic heterocycles. The second-order valence-electron chi connectivity index (χ2n) is 12.3. The molecule has 5 nitrogen and oxygen atoms in total. The summed E-state index contributed by atoms with van der Waals surface area (Å²) < 4.78 is 6.69. The molecule has 230 valence electrons. The molecule has 10 aromatic rings. The molecule has 5 heteroatoms. The first-order valence-electron chi connectivity index (χ1n) is 16.5. The van der Waals surface area contributed by atoms with Gasteiger partial charge >= 0.3 is 0 Å². The lowest BCUT2D eigenvalue weighted by Gasteiger charge is -2.13. The van der Waals surface area contributed by atoms with E-state index in [1.165, 1.54) is 32.6 Å². The summed E-state index contributed by atoms with van der Waals surface area (Å²) in [5, 5.41) is 9.99. The van der Waals surface area contributed by atoms with Crippen LogP contribution in [0.25, 0.3) is 83.4 Å². The van der Waals surface area contributed by atoms with E-state index < -0.39 is 0 Å². The van der Waals surface area contributed by atoms with Gasteiger partial charge in [0.2, 0.25) is 0 Å². The van der Waals surface area contributed by atoms with E-state index in [9.17, 15) is 0 Å². The van der Waals surface area contributed by atoms with Crippen molar-refractivity contribution in [2.45, 2.75) is 0 Å². The Balaban J connectivity index is 1.18. The van der Waals surface area contributed by atoms with Gasteiger partial charge in [-0.2, -0.15) is 0 Å². The van der Waals surface area contributed by atoms with Crippen molar-refractivity contribution in [3.8, 4) is 39.8 Å². The van der Waals surface area contributed by atoms with Crippen molar-refractivity contribution in [2.75, 3.05) is 0 Å². The first-order chi connectivity index (χ1) is 24.3. The van der Waals surface area contributed by atoms with Crippen molar-refractivity contribution in [3.63, 3.8) is 0 Å². The average Bonchev–Trinajstić information content (AvgIpc) is 3.86. The third kappa shape index (κ3) is 4.33. The van der Waals surface area contributed by atoms with E-state index in [0.29, 0.717) is 5.82 Å². The minimum absolute atomic E-state index is 0.681. The summed E-state index contributed by atoms with van der Waals surface area (Å²) in [5.74, 6) is 1.49. The Labute approximate surface area is 282 Å². The number of nitrogens with zero attached hydrogens (tertiary/aromatic N) is 5. The lowest BCUT2D eigenvalue weighted by atomic mass is 10.1. The highest BCUT2D eigenvalue weighted by Crippen LogP contribution is 2.37. The molecule has 0 bridgehead atoms. The summed E-state index contributed by atoms with van der Waals surface area (Å²) >= 11 is 0. The number of hydrogen-bond acceptors (Lipinski definition) is 2. The molecule has 0 saturated carbocycles. The van der Waals surface area contributed by atoms with Crippen LogP contribution in [0, 0.1) is 0 Å². The lowest BCUT2D eigenvalue weighted by molar-refractivity contribution is 0.890. The summed E-state index contributed by atoms with van der Waals surface area (Å²) in [6.07, 6.45) is 0. The minimum atomic E-state index is 0.681. The molecule has 0 spiro atoms. The van der Waals surface area contributed by atoms with Crippen molar-refractivity contribution < 1.29 is 0 Å². The van der Waals surface area contributed by atoms with Crippen molar-refractivity contribution in [2.24, 2.45) is 0 Å². The third-order valence-corrected chi connectivity index (χ3v) is 9.50. The maximum absolute atomic E-state index is 5.14. The standard InChI is InChI=1S/C44H29N5/c1-3-14-30(15-4-1)44-45-43(46-49(44)32-16-5-2-6-17-32)31-26-27-38-37-22-9-12-25-41(37)48(42(38)28-31)34-19-13-18-33(29-34)47-39-23-10-7-20-35(39)36-21-8-11-24-40(36)47/h1-29H. The van der Waals surface area contributed by atoms with Crippen LogP contribution in [0.5, 0.6) is 0 Å². The molecular formula is C44H29N5. The molecule has 3 aromatic heterocycles. The molecule has 0 N–H and O–H groups in total. The van der Waals surface area contributed by atoms with Gasteiger partial charge in [-0.1, -0.05) is 121 Å². The van der Waals surface area contributed by atoms with Crippen LogP contribution in [0.2, 0.25) is 0 Å². The van der Waals surface area contributed by atoms with Crippen LogP contribution in [-0.2, 0) is 0 Å². The zero-order chi connectivity index (χ0) is 32.3. The first kappa shape index (κ1) is 27.4. The van der Waals surface area contributed by atoms with Gasteiger partial charge in [0, 0.05) is 44.0 Å². The van der Waals surface area contributed by atoms with Gasteiger partial charge in [0.05, 0.1) is 27.8 Å². The summed E-state index contributed by atoms with van der Waals surface area (Å²) in [7, 11) is 0. The Morgan fingerprint density at radius 2 is 0.837 bits per heavy atom. The van der Waals surface area contributed by atoms with Crippen LogP contribution in [0.15, 0.2) is 176 Å². The largest absolute Gasteiger partial charge is 0.309 e. The van der Waals surface area contributed by atoms with E-state index in [2.05, 4.69) is 149 Å². The summed E-state index contributed by atoms with van der Waals surface area (Å²) in [6, 6.07) is 61.9. The van der Waals surface area contributed by atoms with Gasteiger partial charge in [-0.3, -0.25) is 0 Å². The highest BCUT2D eigenvalue weighted by atomic mass is 15.4. The molecule has 0 aliphatic carbocycles. The van der Waals surface area contributed by atoms with Crippen LogP contribution in [0.1, 0.15) is 0 Å². The fourth-order valence-electron chi connectivity index (χ4n) is 7.32. The molecule has 0 atom stereocenters. The van der Waals surface area contributed by atoms with Crippen LogP contribution in [0.3, 0.4) is 0 Å². The van der Waals surface area contributed by atoms with Crippen LogP contribution in [0.4, 0.5) is 0 Å². The van der Waals surface area contributed by atoms with Gasteiger partial charge in [0.1, 0.15) is 0 Å². The molecule has 10 rings (SSSR count). The summed E-state index contributed by atoms with van der Waals surface area (Å²) in [4.78, 5) is 5.14. The highest BCUT2D eigenvalue weighted by molar-refractivity contribution is 6.11. The van der Waals surface area contributed by atoms with Crippen LogP contribution < -0.4 is 0 Å². The molecule has 0 saturated heterocycles. The predicted octanol–water partition coefficient (Wildman–Crippen LogP) is 10.8. The fraction of sp³-hybridized carbons (Fsp3) is 0. The number of fused-ring (bicyclic) bond motifs is 6. The summed E-state index contributed by atoms with van der Waals surface area (Å²) in [5.41, 5.74) is 9.81. The molecule has 0 amide bonds. The number of para-hydroxylation sites is 4. The van der Waals surface area contributed by atoms with Gasteiger partial charge < -0.3 is 9.13 Å². The molecule has 7 aromatic carbocycles. The Morgan fingerprint density at radius 1 is 0.347 bits per heavy atom. The van der Waals surface area contributed by atoms with E-state index >= 15 is 0 Å². The van der Waals surface area contributed by atoms with Crippen molar-refractivity contribution in [1.82, 2.24) is 23.9 Å². The molecule has 3 heterocycles. The predicted molar refractivity (Wildman–Crippen MR) is 201 cm³/mol. The van der Waals surface area contributed by atoms with E-state index in [-0.39, 0.29) is 0 Å². The number of aromatic nitrogens is 5. The monoisotopic (exact) mass is 627 g/mol. The highest BCUT2D eigenvalue weighted by Gasteiger charge is 2.19. The Kier molecular flexibility index (Phi) is 6.11. The van der Waals surface area contributed by atoms with Gasteiger partial charge in [0.25, 0.3) is 0 Å². The molecular weight excluding hydrogens is 599 g/mol. The van der Waals surface area contributed by atoms with E-state index in [1.807, 2.05) is 41.1 Å². The van der Waals surface area contributed by atoms with E-state index in [0.717, 1.165) is 45.0 Å². The molecule has 0 aliphatic rings. The van der Waals surface area contributed by atoms with Gasteiger partial charge in [-0.05, 0) is 54.6 Å². The number of rotatable bonds is 5. The summed E-state index contributed by atoms with van der Waals surface area (Å²) in [6.45, 7) is 0. The maximum atomic E-state index is 5.14. The SMILES string of the molecule is c1ccc(-c2nc(-c3ccc4c5ccccc5n(-c5cccc(-n6c7ccccc7c7ccccc76)c5)c4c3)nn2-c2ccccc2)cc1. The van der Waals surface area contributed by atoms with Crippen LogP contribution in [-0.4, -0.2) is 23.9 Å². The maximum Gasteiger partial charge on any atom is 0.182 e. The molecule has 0 fully saturated rings. The van der Waals surface area contributed by atoms with Crippen LogP contribution >= 0.6 is 0 Å². The normalized spacial score (nSPS) is 11.7. The second-order valence-corrected chi connectivity index (χ2v) is 12.3. The van der Waals surface area contributed by atoms with Gasteiger partial charge in [-0.25, -0.2) is 9.67 Å². The van der Waals surface area contributed by atoms with E-state index in [4.69, 9.17) is 10.1 Å². The topological polar surface area (TPSA) is 40.6 Å². The smallest absolute Gasteiger partial charge is 0.182 e. The molecule has 49 heavy (non-hydrogen) atoms. The Morgan fingerprint density at radius 3 is 1.45 bits per heavy atom. The van der Waals surface area contributed by atoms with Gasteiger partial charge in [-0.15, -0.1) is 5.10 Å². The number of hydrogen-bond donors (Lipinski definition) is 0. The van der Waals surface area contributed by atoms with Crippen molar-refractivity contribution >= 4 is 43.6 Å². The zero-order valence-corrected chi connectivity index (χ0v) is 26.5. The average molecular weight is 628 g/mol. The van der Waals surface area contributed by atoms with Gasteiger partial charge in [0.15, 0.2) is 11.6 Å². The van der Waals surface area contributed by atoms with Crippen molar-refractivity contribution in [1.29, 1.82) is 0 Å². The fourth-order valence-corrected chi connectivity index (χ4v) is 7.32. The zero-order valence-electron chi connectivity index (χ0n) is 26.5. The minimum Gasteiger partial charge on any atom is -0.309 e. The lowest BCUT2D eigenvalue weighted by Crippen LogP contribution is -1.99. The third-order valence-electron chi connectivity index (χ3n) is 9.50. The first-order valence-corrected chi connectivity index (χ1v) is 16.5.